The second-order valence-electron chi connectivity index (χ2n) is 8.02. The van der Waals surface area contributed by atoms with Crippen molar-refractivity contribution >= 4 is 40.3 Å². The van der Waals surface area contributed by atoms with Crippen LogP contribution in [0.2, 0.25) is 5.02 Å². The summed E-state index contributed by atoms with van der Waals surface area (Å²) in [7, 11) is 1.59. The van der Waals surface area contributed by atoms with Crippen LogP contribution in [0.5, 0.6) is 0 Å². The molecule has 0 bridgehead atoms. The first-order chi connectivity index (χ1) is 16.9. The number of nitrogens with zero attached hydrogens (tertiary/aromatic N) is 2. The lowest BCUT2D eigenvalue weighted by molar-refractivity contribution is 0.112. The molecule has 8 nitrogen and oxygen atoms in total. The smallest absolute Gasteiger partial charge is 0.412 e. The summed E-state index contributed by atoms with van der Waals surface area (Å²) in [5.41, 5.74) is 0.574. The number of aliphatic hydroxyl groups excluding tert-OH is 1. The molecule has 0 radical (unpaired) electrons. The van der Waals surface area contributed by atoms with Gasteiger partial charge in [-0.15, -0.1) is 0 Å². The van der Waals surface area contributed by atoms with Gasteiger partial charge in [0.05, 0.1) is 6.04 Å². The van der Waals surface area contributed by atoms with Gasteiger partial charge in [-0.2, -0.15) is 0 Å². The minimum atomic E-state index is -0.688. The molecule has 0 aliphatic rings. The third-order valence-corrected chi connectivity index (χ3v) is 5.88. The lowest BCUT2D eigenvalue weighted by Gasteiger charge is -2.28. The largest absolute Gasteiger partial charge is 0.447 e. The minimum Gasteiger partial charge on any atom is -0.447 e. The van der Waals surface area contributed by atoms with E-state index in [9.17, 15) is 14.0 Å². The van der Waals surface area contributed by atoms with E-state index in [2.05, 4.69) is 15.6 Å². The fourth-order valence-electron chi connectivity index (χ4n) is 3.47. The number of pyridine rings is 1. The number of nitrogens with one attached hydrogen (secondary N) is 2. The molecule has 3 amide bonds. The fraction of sp³-hybridized carbons (Fsp3) is 0.320. The van der Waals surface area contributed by atoms with Crippen LogP contribution in [0.1, 0.15) is 24.8 Å². The van der Waals surface area contributed by atoms with Crippen molar-refractivity contribution in [2.24, 2.45) is 0 Å². The van der Waals surface area contributed by atoms with E-state index in [-0.39, 0.29) is 24.8 Å². The molecule has 0 aliphatic heterocycles. The van der Waals surface area contributed by atoms with Crippen LogP contribution in [0.15, 0.2) is 54.7 Å². The average molecular weight is 503 g/mol. The maximum atomic E-state index is 13.2. The molecule has 0 saturated heterocycles. The molecule has 186 valence electrons. The van der Waals surface area contributed by atoms with Crippen LogP contribution in [0.4, 0.5) is 19.8 Å². The number of unbranched alkanes of at least 4 members (excludes halogenated alkanes) is 1. The van der Waals surface area contributed by atoms with Crippen LogP contribution < -0.4 is 10.6 Å². The van der Waals surface area contributed by atoms with Crippen molar-refractivity contribution in [3.05, 3.63) is 71.1 Å². The quantitative estimate of drug-likeness (QED) is 0.340. The van der Waals surface area contributed by atoms with Gasteiger partial charge in [0.2, 0.25) is 0 Å². The number of hydrogen-bond donors (Lipinski definition) is 3. The van der Waals surface area contributed by atoms with Crippen LogP contribution in [0, 0.1) is 5.82 Å². The van der Waals surface area contributed by atoms with Gasteiger partial charge < -0.3 is 20.1 Å². The SMILES string of the molecule is CN(C(=O)NCc1ccc(F)cc1Cl)[C@H](CCCCO)COC(=O)Nc1cc2ccccc2cn1. The molecule has 10 heteroatoms. The summed E-state index contributed by atoms with van der Waals surface area (Å²) in [5.74, 6) is -0.103. The number of carbonyl (C=O) groups excluding carboxylic acids is 2. The number of ether oxygens (including phenoxy) is 1. The first kappa shape index (κ1) is 26.2. The van der Waals surface area contributed by atoms with E-state index in [1.165, 1.54) is 23.1 Å². The molecule has 0 unspecified atom stereocenters. The van der Waals surface area contributed by atoms with Crippen molar-refractivity contribution in [2.45, 2.75) is 31.8 Å². The number of benzene rings is 2. The fourth-order valence-corrected chi connectivity index (χ4v) is 3.71. The van der Waals surface area contributed by atoms with Crippen molar-refractivity contribution in [2.75, 3.05) is 25.6 Å². The van der Waals surface area contributed by atoms with Gasteiger partial charge in [-0.25, -0.2) is 19.0 Å². The Bertz CT molecular complexity index is 1160. The number of rotatable bonds is 10. The van der Waals surface area contributed by atoms with Crippen molar-refractivity contribution in [3.63, 3.8) is 0 Å². The van der Waals surface area contributed by atoms with Gasteiger partial charge in [-0.3, -0.25) is 5.32 Å². The topological polar surface area (TPSA) is 104 Å². The molecular weight excluding hydrogens is 475 g/mol. The number of carbonyl (C=O) groups is 2. The number of fused-ring (bicyclic) bond motifs is 1. The number of hydrogen-bond acceptors (Lipinski definition) is 5. The highest BCUT2D eigenvalue weighted by Crippen LogP contribution is 2.18. The molecule has 0 aliphatic carbocycles. The molecule has 1 heterocycles. The number of halogens is 2. The van der Waals surface area contributed by atoms with Gasteiger partial charge in [-0.1, -0.05) is 41.9 Å². The molecule has 1 aromatic heterocycles. The van der Waals surface area contributed by atoms with Crippen LogP contribution >= 0.6 is 11.6 Å². The van der Waals surface area contributed by atoms with Crippen LogP contribution in [0.3, 0.4) is 0 Å². The highest BCUT2D eigenvalue weighted by atomic mass is 35.5. The zero-order valence-corrected chi connectivity index (χ0v) is 20.1. The lowest BCUT2D eigenvalue weighted by atomic mass is 10.1. The van der Waals surface area contributed by atoms with E-state index in [4.69, 9.17) is 21.4 Å². The van der Waals surface area contributed by atoms with Crippen molar-refractivity contribution in [1.29, 1.82) is 0 Å². The van der Waals surface area contributed by atoms with E-state index >= 15 is 0 Å². The van der Waals surface area contributed by atoms with Crippen LogP contribution in [0.25, 0.3) is 10.8 Å². The predicted octanol–water partition coefficient (Wildman–Crippen LogP) is 4.95. The zero-order chi connectivity index (χ0) is 25.2. The monoisotopic (exact) mass is 502 g/mol. The number of urea groups is 1. The highest BCUT2D eigenvalue weighted by molar-refractivity contribution is 6.31. The third kappa shape index (κ3) is 7.80. The van der Waals surface area contributed by atoms with Gasteiger partial charge in [-0.05, 0) is 48.4 Å². The highest BCUT2D eigenvalue weighted by Gasteiger charge is 2.22. The zero-order valence-electron chi connectivity index (χ0n) is 19.3. The summed E-state index contributed by atoms with van der Waals surface area (Å²) in [6.45, 7) is 0.0906. The molecule has 35 heavy (non-hydrogen) atoms. The van der Waals surface area contributed by atoms with E-state index in [1.807, 2.05) is 24.3 Å². The number of aromatic nitrogens is 1. The standard InChI is InChI=1S/C25H28ClFN4O4/c1-31(24(33)29-15-19-9-10-20(27)13-22(19)26)21(8-4-5-11-32)16-35-25(34)30-23-12-17-6-2-3-7-18(17)14-28-23/h2-3,6-7,9-10,12-14,21,32H,4-5,8,11,15-16H2,1H3,(H,29,33)(H,28,30,34)/t21-/m1/s1. The molecule has 1 atom stereocenters. The Morgan fingerprint density at radius 3 is 2.69 bits per heavy atom. The maximum Gasteiger partial charge on any atom is 0.412 e. The van der Waals surface area contributed by atoms with Crippen molar-refractivity contribution < 1.29 is 23.8 Å². The summed E-state index contributed by atoms with van der Waals surface area (Å²) >= 11 is 6.02. The van der Waals surface area contributed by atoms with Crippen LogP contribution in [-0.2, 0) is 11.3 Å². The van der Waals surface area contributed by atoms with E-state index in [0.717, 1.165) is 10.8 Å². The van der Waals surface area contributed by atoms with Crippen LogP contribution in [-0.4, -0.2) is 53.4 Å². The van der Waals surface area contributed by atoms with Gasteiger partial charge in [0.1, 0.15) is 18.2 Å². The predicted molar refractivity (Wildman–Crippen MR) is 133 cm³/mol. The van der Waals surface area contributed by atoms with E-state index < -0.39 is 24.0 Å². The molecule has 2 aromatic carbocycles. The summed E-state index contributed by atoms with van der Waals surface area (Å²) in [6, 6.07) is 12.5. The van der Waals surface area contributed by atoms with Gasteiger partial charge >= 0.3 is 12.1 Å². The second kappa shape index (κ2) is 12.9. The van der Waals surface area contributed by atoms with E-state index in [0.29, 0.717) is 30.6 Å². The minimum absolute atomic E-state index is 0.0284. The first-order valence-electron chi connectivity index (χ1n) is 11.2. The van der Waals surface area contributed by atoms with Gasteiger partial charge in [0.25, 0.3) is 0 Å². The number of anilines is 1. The van der Waals surface area contributed by atoms with Gasteiger partial charge in [0.15, 0.2) is 0 Å². The number of aliphatic hydroxyl groups is 1. The molecule has 3 N–H and O–H groups in total. The molecule has 0 fully saturated rings. The van der Waals surface area contributed by atoms with Crippen molar-refractivity contribution in [3.8, 4) is 0 Å². The van der Waals surface area contributed by atoms with Crippen molar-refractivity contribution in [1.82, 2.24) is 15.2 Å². The Hall–Kier alpha value is -3.43. The Labute approximate surface area is 208 Å². The normalized spacial score (nSPS) is 11.7. The second-order valence-corrected chi connectivity index (χ2v) is 8.43. The summed E-state index contributed by atoms with van der Waals surface area (Å²) in [5, 5.41) is 16.5. The molecule has 3 aromatic rings. The molecular formula is C25H28ClFN4O4. The first-order valence-corrected chi connectivity index (χ1v) is 11.6. The average Bonchev–Trinajstić information content (AvgIpc) is 2.85. The van der Waals surface area contributed by atoms with E-state index in [1.54, 1.807) is 19.3 Å². The molecule has 0 spiro atoms. The lowest BCUT2D eigenvalue weighted by Crippen LogP contribution is -2.46. The third-order valence-electron chi connectivity index (χ3n) is 5.53. The summed E-state index contributed by atoms with van der Waals surface area (Å²) < 4.78 is 18.6. The maximum absolute atomic E-state index is 13.2. The molecule has 3 rings (SSSR count). The number of amides is 3. The Morgan fingerprint density at radius 1 is 1.17 bits per heavy atom. The molecule has 0 saturated carbocycles. The number of likely N-dealkylation sites (N-methyl/N-ethyl adjacent to an activating group) is 1. The van der Waals surface area contributed by atoms with Gasteiger partial charge in [0, 0.05) is 36.8 Å². The Kier molecular flexibility index (Phi) is 9.63. The summed E-state index contributed by atoms with van der Waals surface area (Å²) in [4.78, 5) is 30.7. The Balaban J connectivity index is 1.56. The summed E-state index contributed by atoms with van der Waals surface area (Å²) in [6.07, 6.45) is 2.69. The Morgan fingerprint density at radius 2 is 1.94 bits per heavy atom.